The van der Waals surface area contributed by atoms with Crippen LogP contribution in [0.15, 0.2) is 16.6 Å². The summed E-state index contributed by atoms with van der Waals surface area (Å²) in [6.07, 6.45) is 1.28. The second-order valence-corrected chi connectivity index (χ2v) is 6.73. The molecule has 1 fully saturated rings. The van der Waals surface area contributed by atoms with Crippen molar-refractivity contribution >= 4 is 56.6 Å². The van der Waals surface area contributed by atoms with E-state index in [1.165, 1.54) is 17.9 Å². The van der Waals surface area contributed by atoms with E-state index in [1.54, 1.807) is 0 Å². The summed E-state index contributed by atoms with van der Waals surface area (Å²) in [7, 11) is 0. The molecule has 5 heteroatoms. The average molecular weight is 341 g/mol. The van der Waals surface area contributed by atoms with Gasteiger partial charge in [0.15, 0.2) is 0 Å². The van der Waals surface area contributed by atoms with Crippen LogP contribution in [-0.2, 0) is 0 Å². The fourth-order valence-electron chi connectivity index (χ4n) is 1.70. The monoisotopic (exact) mass is 339 g/mol. The first-order valence-corrected chi connectivity index (χ1v) is 7.83. The largest absolute Gasteiger partial charge is 0.382 e. The van der Waals surface area contributed by atoms with Crippen molar-refractivity contribution in [1.82, 2.24) is 0 Å². The number of rotatable bonds is 3. The summed E-state index contributed by atoms with van der Waals surface area (Å²) in [5.41, 5.74) is 0.850. The minimum Gasteiger partial charge on any atom is -0.382 e. The van der Waals surface area contributed by atoms with Crippen molar-refractivity contribution in [3.63, 3.8) is 0 Å². The van der Waals surface area contributed by atoms with Crippen LogP contribution < -0.4 is 5.32 Å². The van der Waals surface area contributed by atoms with Crippen LogP contribution in [0.25, 0.3) is 0 Å². The maximum atomic E-state index is 6.14. The van der Waals surface area contributed by atoms with Crippen molar-refractivity contribution < 1.29 is 0 Å². The molecule has 1 aliphatic rings. The third-order valence-electron chi connectivity index (χ3n) is 2.60. The van der Waals surface area contributed by atoms with Gasteiger partial charge in [-0.05, 0) is 36.0 Å². The minimum atomic E-state index is 0.671. The highest BCUT2D eigenvalue weighted by Crippen LogP contribution is 2.34. The summed E-state index contributed by atoms with van der Waals surface area (Å²) in [6.45, 7) is 0.952. The van der Waals surface area contributed by atoms with Crippen LogP contribution >= 0.6 is 50.9 Å². The number of nitrogens with one attached hydrogen (secondary N) is 1. The van der Waals surface area contributed by atoms with Crippen molar-refractivity contribution in [1.29, 1.82) is 0 Å². The van der Waals surface area contributed by atoms with Gasteiger partial charge in [0, 0.05) is 11.0 Å². The number of hydrogen-bond acceptors (Lipinski definition) is 2. The minimum absolute atomic E-state index is 0.671. The van der Waals surface area contributed by atoms with E-state index in [1.807, 2.05) is 23.9 Å². The van der Waals surface area contributed by atoms with Crippen LogP contribution in [0.2, 0.25) is 10.0 Å². The Labute approximate surface area is 118 Å². The molecule has 0 aromatic heterocycles. The van der Waals surface area contributed by atoms with Gasteiger partial charge in [-0.3, -0.25) is 0 Å². The highest BCUT2D eigenvalue weighted by molar-refractivity contribution is 9.10. The predicted molar refractivity (Wildman–Crippen MR) is 78.1 cm³/mol. The summed E-state index contributed by atoms with van der Waals surface area (Å²) in [5, 5.41) is 4.69. The van der Waals surface area contributed by atoms with E-state index in [-0.39, 0.29) is 0 Å². The lowest BCUT2D eigenvalue weighted by molar-refractivity contribution is 0.632. The molecule has 1 unspecified atom stereocenters. The summed E-state index contributed by atoms with van der Waals surface area (Å²) >= 11 is 17.7. The fourth-order valence-corrected chi connectivity index (χ4v) is 4.33. The topological polar surface area (TPSA) is 12.0 Å². The number of thioether (sulfide) groups is 1. The zero-order valence-electron chi connectivity index (χ0n) is 8.60. The Balaban J connectivity index is 2.03. The molecule has 1 N–H and O–H groups in total. The summed E-state index contributed by atoms with van der Waals surface area (Å²) in [6, 6.07) is 3.72. The molecular weight excluding hydrogens is 329 g/mol. The van der Waals surface area contributed by atoms with Gasteiger partial charge in [-0.2, -0.15) is 11.8 Å². The SMILES string of the molecule is Clc1cc(Br)cc(Cl)c1NCC1CCSC1. The molecule has 88 valence electrons. The molecule has 1 atom stereocenters. The fraction of sp³-hybridized carbons (Fsp3) is 0.455. The Morgan fingerprint density at radius 2 is 2.06 bits per heavy atom. The number of benzene rings is 1. The Hall–Kier alpha value is 0.430. The van der Waals surface area contributed by atoms with Crippen molar-refractivity contribution in [2.45, 2.75) is 6.42 Å². The van der Waals surface area contributed by atoms with Crippen molar-refractivity contribution in [2.75, 3.05) is 23.4 Å². The Morgan fingerprint density at radius 3 is 2.62 bits per heavy atom. The molecule has 0 radical (unpaired) electrons. The molecule has 16 heavy (non-hydrogen) atoms. The average Bonchev–Trinajstić information content (AvgIpc) is 2.68. The first-order valence-electron chi connectivity index (χ1n) is 5.13. The molecular formula is C11H12BrCl2NS. The van der Waals surface area contributed by atoms with Crippen molar-refractivity contribution in [2.24, 2.45) is 5.92 Å². The summed E-state index contributed by atoms with van der Waals surface area (Å²) in [4.78, 5) is 0. The van der Waals surface area contributed by atoms with E-state index in [0.717, 1.165) is 22.6 Å². The maximum absolute atomic E-state index is 6.14. The Bertz CT molecular complexity index is 357. The van der Waals surface area contributed by atoms with Crippen molar-refractivity contribution in [3.05, 3.63) is 26.7 Å². The molecule has 0 saturated carbocycles. The molecule has 1 heterocycles. The number of hydrogen-bond donors (Lipinski definition) is 1. The van der Waals surface area contributed by atoms with Crippen LogP contribution in [0.4, 0.5) is 5.69 Å². The molecule has 0 bridgehead atoms. The van der Waals surface area contributed by atoms with E-state index < -0.39 is 0 Å². The summed E-state index contributed by atoms with van der Waals surface area (Å²) < 4.78 is 0.907. The normalized spacial score (nSPS) is 20.1. The molecule has 2 rings (SSSR count). The third kappa shape index (κ3) is 3.22. The van der Waals surface area contributed by atoms with E-state index in [0.29, 0.717) is 10.0 Å². The van der Waals surface area contributed by atoms with E-state index in [2.05, 4.69) is 21.2 Å². The van der Waals surface area contributed by atoms with Gasteiger partial charge in [0.2, 0.25) is 0 Å². The molecule has 0 spiro atoms. The lowest BCUT2D eigenvalue weighted by atomic mass is 10.1. The molecule has 1 aromatic rings. The van der Waals surface area contributed by atoms with Crippen LogP contribution in [0.1, 0.15) is 6.42 Å². The Kier molecular flexibility index (Phi) is 4.71. The van der Waals surface area contributed by atoms with Crippen molar-refractivity contribution in [3.8, 4) is 0 Å². The van der Waals surface area contributed by atoms with E-state index >= 15 is 0 Å². The molecule has 1 nitrogen and oxygen atoms in total. The van der Waals surface area contributed by atoms with Crippen LogP contribution in [-0.4, -0.2) is 18.1 Å². The van der Waals surface area contributed by atoms with Gasteiger partial charge in [-0.1, -0.05) is 39.1 Å². The molecule has 1 saturated heterocycles. The van der Waals surface area contributed by atoms with Gasteiger partial charge in [0.1, 0.15) is 0 Å². The zero-order valence-corrected chi connectivity index (χ0v) is 12.5. The van der Waals surface area contributed by atoms with Crippen LogP contribution in [0, 0.1) is 5.92 Å². The molecule has 0 aliphatic carbocycles. The Morgan fingerprint density at radius 1 is 1.38 bits per heavy atom. The molecule has 0 amide bonds. The van der Waals surface area contributed by atoms with Gasteiger partial charge >= 0.3 is 0 Å². The highest BCUT2D eigenvalue weighted by atomic mass is 79.9. The second kappa shape index (κ2) is 5.85. The van der Waals surface area contributed by atoms with Gasteiger partial charge < -0.3 is 5.32 Å². The van der Waals surface area contributed by atoms with Crippen LogP contribution in [0.5, 0.6) is 0 Å². The second-order valence-electron chi connectivity index (χ2n) is 3.85. The van der Waals surface area contributed by atoms with Gasteiger partial charge in [0.25, 0.3) is 0 Å². The van der Waals surface area contributed by atoms with E-state index in [9.17, 15) is 0 Å². The quantitative estimate of drug-likeness (QED) is 0.838. The van der Waals surface area contributed by atoms with Gasteiger partial charge in [0.05, 0.1) is 15.7 Å². The zero-order chi connectivity index (χ0) is 11.5. The highest BCUT2D eigenvalue weighted by Gasteiger charge is 2.16. The van der Waals surface area contributed by atoms with Gasteiger partial charge in [-0.25, -0.2) is 0 Å². The standard InChI is InChI=1S/C11H12BrCl2NS/c12-8-3-9(13)11(10(14)4-8)15-5-7-1-2-16-6-7/h3-4,7,15H,1-2,5-6H2. The maximum Gasteiger partial charge on any atom is 0.0719 e. The lowest BCUT2D eigenvalue weighted by Crippen LogP contribution is -2.13. The van der Waals surface area contributed by atoms with Crippen LogP contribution in [0.3, 0.4) is 0 Å². The first kappa shape index (κ1) is 12.9. The molecule has 1 aliphatic heterocycles. The number of halogens is 3. The van der Waals surface area contributed by atoms with Gasteiger partial charge in [-0.15, -0.1) is 0 Å². The molecule has 1 aromatic carbocycles. The lowest BCUT2D eigenvalue weighted by Gasteiger charge is -2.14. The summed E-state index contributed by atoms with van der Waals surface area (Å²) in [5.74, 6) is 3.24. The number of anilines is 1. The van der Waals surface area contributed by atoms with E-state index in [4.69, 9.17) is 23.2 Å². The third-order valence-corrected chi connectivity index (χ3v) is 4.88. The first-order chi connectivity index (χ1) is 7.66. The predicted octanol–water partition coefficient (Wildman–Crippen LogP) is 4.92. The smallest absolute Gasteiger partial charge is 0.0719 e.